The zero-order valence-electron chi connectivity index (χ0n) is 4.83. The number of nitrogens with one attached hydrogen (secondary N) is 1. The lowest BCUT2D eigenvalue weighted by molar-refractivity contribution is 0.355. The average molecular weight is 123 g/mol. The van der Waals surface area contributed by atoms with Gasteiger partial charge in [0.1, 0.15) is 5.82 Å². The molecule has 0 bridgehead atoms. The van der Waals surface area contributed by atoms with E-state index < -0.39 is 0 Å². The first-order chi connectivity index (χ1) is 4.34. The minimum absolute atomic E-state index is 0.0694. The highest BCUT2D eigenvalue weighted by Crippen LogP contribution is 2.03. The minimum Gasteiger partial charge on any atom is -0.374 e. The summed E-state index contributed by atoms with van der Waals surface area (Å²) in [5.41, 5.74) is 0. The fourth-order valence-corrected chi connectivity index (χ4v) is 0.502. The van der Waals surface area contributed by atoms with E-state index in [1.807, 2.05) is 0 Å². The number of aromatic nitrogens is 2. The van der Waals surface area contributed by atoms with Gasteiger partial charge in [0, 0.05) is 12.4 Å². The van der Waals surface area contributed by atoms with Crippen LogP contribution in [0.25, 0.3) is 0 Å². The second-order valence-corrected chi connectivity index (χ2v) is 1.53. The van der Waals surface area contributed by atoms with Gasteiger partial charge in [0.15, 0.2) is 6.10 Å². The number of H-pyrrole nitrogens is 1. The Bertz CT molecular complexity index is 181. The van der Waals surface area contributed by atoms with Crippen molar-refractivity contribution in [3.8, 4) is 0 Å². The van der Waals surface area contributed by atoms with Crippen molar-refractivity contribution < 1.29 is 5.11 Å². The molecule has 0 atom stereocenters. The molecule has 3 heteroatoms. The smallest absolute Gasteiger partial charge is 0.179 e. The van der Waals surface area contributed by atoms with Crippen LogP contribution in [-0.4, -0.2) is 15.1 Å². The molecule has 0 aromatic carbocycles. The molecule has 9 heavy (non-hydrogen) atoms. The van der Waals surface area contributed by atoms with Gasteiger partial charge in [-0.15, -0.1) is 0 Å². The molecule has 0 spiro atoms. The maximum Gasteiger partial charge on any atom is 0.179 e. The normalized spacial score (nSPS) is 10.0. The Labute approximate surface area is 53.1 Å². The molecule has 0 aliphatic heterocycles. The standard InChI is InChI=1S/C6H7N2O/c1-2-5(9)6-7-3-4-8-6/h2-4,9H,1H2,(H,7,8). The van der Waals surface area contributed by atoms with Crippen LogP contribution >= 0.6 is 0 Å². The van der Waals surface area contributed by atoms with Crippen molar-refractivity contribution in [2.24, 2.45) is 0 Å². The van der Waals surface area contributed by atoms with Crippen LogP contribution in [-0.2, 0) is 0 Å². The van der Waals surface area contributed by atoms with Gasteiger partial charge in [0.25, 0.3) is 0 Å². The molecule has 0 aliphatic carbocycles. The zero-order chi connectivity index (χ0) is 6.69. The van der Waals surface area contributed by atoms with Gasteiger partial charge in [-0.05, 0) is 6.08 Å². The van der Waals surface area contributed by atoms with Gasteiger partial charge in [-0.1, -0.05) is 6.58 Å². The SMILES string of the molecule is C=C[C](O)c1ncc[nH]1. The number of imidazole rings is 1. The van der Waals surface area contributed by atoms with Crippen LogP contribution in [0.2, 0.25) is 0 Å². The van der Waals surface area contributed by atoms with Gasteiger partial charge in [-0.2, -0.15) is 0 Å². The van der Waals surface area contributed by atoms with Gasteiger partial charge in [0.05, 0.1) is 0 Å². The molecule has 1 aromatic rings. The van der Waals surface area contributed by atoms with Crippen molar-refractivity contribution in [3.63, 3.8) is 0 Å². The molecule has 2 N–H and O–H groups in total. The molecular formula is C6H7N2O. The highest BCUT2D eigenvalue weighted by Gasteiger charge is 2.03. The van der Waals surface area contributed by atoms with E-state index in [9.17, 15) is 0 Å². The lowest BCUT2D eigenvalue weighted by atomic mass is 10.3. The second-order valence-electron chi connectivity index (χ2n) is 1.53. The third-order valence-electron chi connectivity index (χ3n) is 0.934. The summed E-state index contributed by atoms with van der Waals surface area (Å²) in [7, 11) is 0. The summed E-state index contributed by atoms with van der Waals surface area (Å²) in [5, 5.41) is 8.92. The van der Waals surface area contributed by atoms with Gasteiger partial charge in [0.2, 0.25) is 0 Å². The molecule has 0 amide bonds. The lowest BCUT2D eigenvalue weighted by Gasteiger charge is -1.94. The fraction of sp³-hybridized carbons (Fsp3) is 0. The third kappa shape index (κ3) is 1.17. The maximum absolute atomic E-state index is 8.92. The first kappa shape index (κ1) is 6.04. The fourth-order valence-electron chi connectivity index (χ4n) is 0.502. The Morgan fingerprint density at radius 2 is 2.67 bits per heavy atom. The van der Waals surface area contributed by atoms with Crippen molar-refractivity contribution in [1.82, 2.24) is 9.97 Å². The van der Waals surface area contributed by atoms with E-state index in [0.717, 1.165) is 0 Å². The van der Waals surface area contributed by atoms with E-state index in [-0.39, 0.29) is 6.10 Å². The topological polar surface area (TPSA) is 48.9 Å². The summed E-state index contributed by atoms with van der Waals surface area (Å²) in [6.07, 6.45) is 4.60. The Morgan fingerprint density at radius 3 is 3.11 bits per heavy atom. The van der Waals surface area contributed by atoms with E-state index >= 15 is 0 Å². The van der Waals surface area contributed by atoms with Gasteiger partial charge >= 0.3 is 0 Å². The molecule has 0 fully saturated rings. The Morgan fingerprint density at radius 1 is 1.89 bits per heavy atom. The lowest BCUT2D eigenvalue weighted by Crippen LogP contribution is -1.95. The number of aliphatic hydroxyl groups is 1. The van der Waals surface area contributed by atoms with E-state index in [1.165, 1.54) is 6.08 Å². The van der Waals surface area contributed by atoms with Crippen molar-refractivity contribution >= 4 is 0 Å². The second kappa shape index (κ2) is 2.46. The molecule has 3 nitrogen and oxygen atoms in total. The molecule has 1 radical (unpaired) electrons. The zero-order valence-corrected chi connectivity index (χ0v) is 4.83. The van der Waals surface area contributed by atoms with Crippen LogP contribution in [0.4, 0.5) is 0 Å². The highest BCUT2D eigenvalue weighted by atomic mass is 16.3. The predicted octanol–water partition coefficient (Wildman–Crippen LogP) is 0.848. The van der Waals surface area contributed by atoms with E-state index in [2.05, 4.69) is 16.5 Å². The van der Waals surface area contributed by atoms with Crippen molar-refractivity contribution in [1.29, 1.82) is 0 Å². The average Bonchev–Trinajstić information content (AvgIpc) is 2.37. The number of aliphatic hydroxyl groups excluding tert-OH is 1. The number of nitrogens with zero attached hydrogens (tertiary/aromatic N) is 1. The minimum atomic E-state index is 0.0694. The summed E-state index contributed by atoms with van der Waals surface area (Å²) in [6.45, 7) is 3.37. The molecule has 47 valence electrons. The van der Waals surface area contributed by atoms with Crippen molar-refractivity contribution in [2.75, 3.05) is 0 Å². The molecule has 0 aliphatic rings. The van der Waals surface area contributed by atoms with Crippen LogP contribution in [0.3, 0.4) is 0 Å². The Hall–Kier alpha value is -1.09. The van der Waals surface area contributed by atoms with Crippen molar-refractivity contribution in [2.45, 2.75) is 0 Å². The van der Waals surface area contributed by atoms with E-state index in [0.29, 0.717) is 5.82 Å². The quantitative estimate of drug-likeness (QED) is 0.612. The molecule has 0 saturated heterocycles. The maximum atomic E-state index is 8.92. The number of aromatic amines is 1. The predicted molar refractivity (Wildman–Crippen MR) is 33.1 cm³/mol. The summed E-state index contributed by atoms with van der Waals surface area (Å²) < 4.78 is 0. The van der Waals surface area contributed by atoms with E-state index in [1.54, 1.807) is 12.4 Å². The molecule has 1 rings (SSSR count). The van der Waals surface area contributed by atoms with Crippen LogP contribution in [0, 0.1) is 6.10 Å². The third-order valence-corrected chi connectivity index (χ3v) is 0.934. The van der Waals surface area contributed by atoms with Crippen molar-refractivity contribution in [3.05, 3.63) is 37.0 Å². The molecule has 1 aromatic heterocycles. The summed E-state index contributed by atoms with van der Waals surface area (Å²) in [5.74, 6) is 0.449. The first-order valence-electron chi connectivity index (χ1n) is 2.52. The summed E-state index contributed by atoms with van der Waals surface area (Å²) >= 11 is 0. The summed E-state index contributed by atoms with van der Waals surface area (Å²) in [6, 6.07) is 0. The van der Waals surface area contributed by atoms with Gasteiger partial charge in [-0.3, -0.25) is 0 Å². The van der Waals surface area contributed by atoms with Crippen LogP contribution in [0.15, 0.2) is 25.0 Å². The molecule has 0 unspecified atom stereocenters. The largest absolute Gasteiger partial charge is 0.374 e. The number of rotatable bonds is 2. The number of hydrogen-bond acceptors (Lipinski definition) is 2. The van der Waals surface area contributed by atoms with Crippen LogP contribution < -0.4 is 0 Å². The molecular weight excluding hydrogens is 116 g/mol. The van der Waals surface area contributed by atoms with Crippen LogP contribution in [0.1, 0.15) is 5.82 Å². The summed E-state index contributed by atoms with van der Waals surface area (Å²) in [4.78, 5) is 6.49. The van der Waals surface area contributed by atoms with Gasteiger partial charge in [-0.25, -0.2) is 4.98 Å². The highest BCUT2D eigenvalue weighted by molar-refractivity contribution is 5.16. The molecule has 1 heterocycles. The Balaban J connectivity index is 2.76. The van der Waals surface area contributed by atoms with Crippen LogP contribution in [0.5, 0.6) is 0 Å². The van der Waals surface area contributed by atoms with Gasteiger partial charge < -0.3 is 10.1 Å². The molecule has 0 saturated carbocycles. The number of hydrogen-bond donors (Lipinski definition) is 2. The Kier molecular flexibility index (Phi) is 1.65. The first-order valence-corrected chi connectivity index (χ1v) is 2.52. The van der Waals surface area contributed by atoms with E-state index in [4.69, 9.17) is 5.11 Å². The monoisotopic (exact) mass is 123 g/mol.